The maximum Gasteiger partial charge on any atom is 0.335 e. The van der Waals surface area contributed by atoms with Gasteiger partial charge in [0.05, 0.1) is 12.0 Å². The van der Waals surface area contributed by atoms with E-state index < -0.39 is 18.0 Å². The van der Waals surface area contributed by atoms with Crippen LogP contribution in [0.3, 0.4) is 0 Å². The van der Waals surface area contributed by atoms with Gasteiger partial charge in [-0.05, 0) is 37.5 Å². The average molecular weight is 382 g/mol. The van der Waals surface area contributed by atoms with E-state index in [1.807, 2.05) is 37.3 Å². The number of carbonyl (C=O) groups excluding carboxylic acids is 2. The highest BCUT2D eigenvalue weighted by Gasteiger charge is 2.35. The molecule has 2 aliphatic heterocycles. The Morgan fingerprint density at radius 3 is 2.75 bits per heavy atom. The molecule has 2 atom stereocenters. The van der Waals surface area contributed by atoms with E-state index in [4.69, 9.17) is 13.9 Å². The molecule has 0 spiro atoms. The first-order valence-electron chi connectivity index (χ1n) is 9.40. The summed E-state index contributed by atoms with van der Waals surface area (Å²) in [5.41, 5.74) is 2.90. The highest BCUT2D eigenvalue weighted by atomic mass is 16.6. The fraction of sp³-hybridized carbons (Fsp3) is 0.381. The van der Waals surface area contributed by atoms with Crippen LogP contribution in [0.5, 0.6) is 0 Å². The van der Waals surface area contributed by atoms with Crippen molar-refractivity contribution in [2.75, 3.05) is 13.2 Å². The molecule has 0 radical (unpaired) electrons. The number of carbonyl (C=O) groups is 2. The van der Waals surface area contributed by atoms with E-state index in [0.717, 1.165) is 23.3 Å². The predicted octanol–water partition coefficient (Wildman–Crippen LogP) is 2.99. The van der Waals surface area contributed by atoms with Crippen molar-refractivity contribution in [1.29, 1.82) is 0 Å². The number of hydrazone groups is 1. The molecule has 4 rings (SSSR count). The Balaban J connectivity index is 1.49. The van der Waals surface area contributed by atoms with Crippen LogP contribution in [0.2, 0.25) is 0 Å². The SMILES string of the molecule is Cc1ccc(C2=NN(C(=O)COC(=O)[C@H]3CCCO3)[C@@H](c3ccco3)C2)cc1. The molecular formula is C21H22N2O5. The van der Waals surface area contributed by atoms with Crippen LogP contribution >= 0.6 is 0 Å². The quantitative estimate of drug-likeness (QED) is 0.743. The first-order valence-corrected chi connectivity index (χ1v) is 9.40. The van der Waals surface area contributed by atoms with Gasteiger partial charge in [-0.25, -0.2) is 9.80 Å². The third kappa shape index (κ3) is 3.84. The summed E-state index contributed by atoms with van der Waals surface area (Å²) in [6, 6.07) is 11.2. The van der Waals surface area contributed by atoms with Gasteiger partial charge >= 0.3 is 5.97 Å². The summed E-state index contributed by atoms with van der Waals surface area (Å²) in [4.78, 5) is 24.8. The molecule has 28 heavy (non-hydrogen) atoms. The minimum absolute atomic E-state index is 0.361. The number of benzene rings is 1. The minimum atomic E-state index is -0.570. The molecule has 2 aliphatic rings. The van der Waals surface area contributed by atoms with Gasteiger partial charge in [0.2, 0.25) is 0 Å². The standard InChI is InChI=1S/C21H22N2O5/c1-14-6-8-15(9-7-14)16-12-17(18-4-2-10-26-18)23(22-16)20(24)13-28-21(25)19-5-3-11-27-19/h2,4,6-10,17,19H,3,5,11-13H2,1H3/t17-,19-/m1/s1. The van der Waals surface area contributed by atoms with Gasteiger partial charge in [-0.15, -0.1) is 0 Å². The van der Waals surface area contributed by atoms with E-state index in [1.165, 1.54) is 5.01 Å². The van der Waals surface area contributed by atoms with Gasteiger partial charge < -0.3 is 13.9 Å². The second kappa shape index (κ2) is 7.98. The van der Waals surface area contributed by atoms with Crippen LogP contribution in [0.1, 0.15) is 42.2 Å². The fourth-order valence-corrected chi connectivity index (χ4v) is 3.42. The van der Waals surface area contributed by atoms with Crippen LogP contribution in [-0.2, 0) is 19.1 Å². The van der Waals surface area contributed by atoms with Crippen LogP contribution < -0.4 is 0 Å². The number of ether oxygens (including phenoxy) is 2. The predicted molar refractivity (Wildman–Crippen MR) is 101 cm³/mol. The highest BCUT2D eigenvalue weighted by molar-refractivity contribution is 6.03. The van der Waals surface area contributed by atoms with Crippen molar-refractivity contribution in [1.82, 2.24) is 5.01 Å². The Bertz CT molecular complexity index is 867. The Morgan fingerprint density at radius 1 is 1.25 bits per heavy atom. The van der Waals surface area contributed by atoms with Gasteiger partial charge in [-0.3, -0.25) is 4.79 Å². The Morgan fingerprint density at radius 2 is 2.07 bits per heavy atom. The topological polar surface area (TPSA) is 81.3 Å². The summed E-state index contributed by atoms with van der Waals surface area (Å²) in [6.45, 7) is 2.19. The van der Waals surface area contributed by atoms with E-state index in [1.54, 1.807) is 12.3 Å². The summed E-state index contributed by atoms with van der Waals surface area (Å²) < 4.78 is 16.0. The summed E-state index contributed by atoms with van der Waals surface area (Å²) in [6.07, 6.45) is 2.98. The van der Waals surface area contributed by atoms with Gasteiger partial charge in [0.25, 0.3) is 5.91 Å². The molecule has 0 saturated carbocycles. The van der Waals surface area contributed by atoms with Crippen molar-refractivity contribution >= 4 is 17.6 Å². The van der Waals surface area contributed by atoms with Gasteiger partial charge in [-0.1, -0.05) is 29.8 Å². The number of hydrogen-bond acceptors (Lipinski definition) is 6. The Kier molecular flexibility index (Phi) is 5.25. The van der Waals surface area contributed by atoms with Crippen LogP contribution in [0.4, 0.5) is 0 Å². The first-order chi connectivity index (χ1) is 13.6. The van der Waals surface area contributed by atoms with Gasteiger partial charge in [0.1, 0.15) is 11.8 Å². The molecule has 1 amide bonds. The van der Waals surface area contributed by atoms with Gasteiger partial charge in [0.15, 0.2) is 12.7 Å². The Hall–Kier alpha value is -2.93. The zero-order valence-corrected chi connectivity index (χ0v) is 15.7. The highest BCUT2D eigenvalue weighted by Crippen LogP contribution is 2.33. The van der Waals surface area contributed by atoms with E-state index in [9.17, 15) is 9.59 Å². The summed E-state index contributed by atoms with van der Waals surface area (Å²) in [5.74, 6) is -0.248. The molecule has 0 bridgehead atoms. The lowest BCUT2D eigenvalue weighted by atomic mass is 10.0. The molecule has 0 N–H and O–H groups in total. The third-order valence-electron chi connectivity index (χ3n) is 4.95. The fourth-order valence-electron chi connectivity index (χ4n) is 3.42. The number of nitrogens with zero attached hydrogens (tertiary/aromatic N) is 2. The number of furan rings is 1. The molecule has 1 aromatic carbocycles. The van der Waals surface area contributed by atoms with Crippen LogP contribution in [0, 0.1) is 6.92 Å². The molecular weight excluding hydrogens is 360 g/mol. The molecule has 1 fully saturated rings. The van der Waals surface area contributed by atoms with Crippen molar-refractivity contribution in [3.05, 3.63) is 59.5 Å². The van der Waals surface area contributed by atoms with Gasteiger partial charge in [-0.2, -0.15) is 5.10 Å². The lowest BCUT2D eigenvalue weighted by Crippen LogP contribution is -2.33. The molecule has 7 heteroatoms. The second-order valence-corrected chi connectivity index (χ2v) is 7.00. The molecule has 0 unspecified atom stereocenters. The zero-order valence-electron chi connectivity index (χ0n) is 15.7. The minimum Gasteiger partial charge on any atom is -0.467 e. The second-order valence-electron chi connectivity index (χ2n) is 7.00. The van der Waals surface area contributed by atoms with Crippen molar-refractivity contribution in [2.45, 2.75) is 38.3 Å². The molecule has 3 heterocycles. The third-order valence-corrected chi connectivity index (χ3v) is 4.95. The maximum absolute atomic E-state index is 12.8. The van der Waals surface area contributed by atoms with E-state index in [2.05, 4.69) is 5.10 Å². The van der Waals surface area contributed by atoms with Crippen molar-refractivity contribution in [3.63, 3.8) is 0 Å². The van der Waals surface area contributed by atoms with E-state index in [0.29, 0.717) is 25.2 Å². The number of rotatable bonds is 5. The van der Waals surface area contributed by atoms with E-state index in [-0.39, 0.29) is 12.6 Å². The molecule has 146 valence electrons. The normalized spacial score (nSPS) is 21.6. The number of hydrogen-bond donors (Lipinski definition) is 0. The first kappa shape index (κ1) is 18.4. The lowest BCUT2D eigenvalue weighted by Gasteiger charge is -2.20. The van der Waals surface area contributed by atoms with Crippen LogP contribution in [-0.4, -0.2) is 41.9 Å². The summed E-state index contributed by atoms with van der Waals surface area (Å²) in [7, 11) is 0. The largest absolute Gasteiger partial charge is 0.467 e. The molecule has 7 nitrogen and oxygen atoms in total. The van der Waals surface area contributed by atoms with Crippen molar-refractivity contribution in [3.8, 4) is 0 Å². The van der Waals surface area contributed by atoms with Crippen molar-refractivity contribution < 1.29 is 23.5 Å². The molecule has 1 aromatic heterocycles. The Labute approximate surface area is 162 Å². The number of esters is 1. The average Bonchev–Trinajstić information content (AvgIpc) is 3.47. The van der Waals surface area contributed by atoms with Crippen LogP contribution in [0.15, 0.2) is 52.2 Å². The zero-order chi connectivity index (χ0) is 19.5. The number of amides is 1. The lowest BCUT2D eigenvalue weighted by molar-refractivity contribution is -0.160. The van der Waals surface area contributed by atoms with Crippen LogP contribution in [0.25, 0.3) is 0 Å². The van der Waals surface area contributed by atoms with Crippen molar-refractivity contribution in [2.24, 2.45) is 5.10 Å². The smallest absolute Gasteiger partial charge is 0.335 e. The van der Waals surface area contributed by atoms with E-state index >= 15 is 0 Å². The van der Waals surface area contributed by atoms with Gasteiger partial charge in [0, 0.05) is 13.0 Å². The summed E-state index contributed by atoms with van der Waals surface area (Å²) >= 11 is 0. The monoisotopic (exact) mass is 382 g/mol. The number of aryl methyl sites for hydroxylation is 1. The molecule has 0 aliphatic carbocycles. The maximum atomic E-state index is 12.8. The summed E-state index contributed by atoms with van der Waals surface area (Å²) in [5, 5.41) is 5.88. The molecule has 1 saturated heterocycles. The molecule has 2 aromatic rings.